The summed E-state index contributed by atoms with van der Waals surface area (Å²) in [6.07, 6.45) is 0. The lowest BCUT2D eigenvalue weighted by atomic mass is 10.2. The van der Waals surface area contributed by atoms with E-state index in [-0.39, 0.29) is 29.7 Å². The fraction of sp³-hybridized carbons (Fsp3) is 0.150. The van der Waals surface area contributed by atoms with Gasteiger partial charge in [-0.15, -0.1) is 15.3 Å². The number of hydrogen-bond donors (Lipinski definition) is 1. The molecule has 0 aliphatic rings. The Morgan fingerprint density at radius 3 is 2.65 bits per heavy atom. The van der Waals surface area contributed by atoms with Crippen LogP contribution in [0.2, 0.25) is 0 Å². The molecule has 0 bridgehead atoms. The first-order valence-electron chi connectivity index (χ1n) is 9.21. The second-order valence-corrected chi connectivity index (χ2v) is 8.16. The van der Waals surface area contributed by atoms with Crippen LogP contribution in [0, 0.1) is 5.82 Å². The van der Waals surface area contributed by atoms with Gasteiger partial charge in [-0.3, -0.25) is 0 Å². The molecule has 0 radical (unpaired) electrons. The van der Waals surface area contributed by atoms with Crippen molar-refractivity contribution in [3.8, 4) is 23.0 Å². The van der Waals surface area contributed by atoms with E-state index in [9.17, 15) is 12.8 Å². The molecule has 0 aliphatic carbocycles. The van der Waals surface area contributed by atoms with Crippen molar-refractivity contribution in [2.45, 2.75) is 4.90 Å². The Kier molecular flexibility index (Phi) is 5.78. The molecule has 0 aliphatic heterocycles. The van der Waals surface area contributed by atoms with E-state index in [0.717, 1.165) is 0 Å². The molecule has 4 rings (SSSR count). The van der Waals surface area contributed by atoms with Crippen molar-refractivity contribution in [3.63, 3.8) is 0 Å². The Hall–Kier alpha value is -3.57. The molecule has 0 saturated heterocycles. The number of hydrogen-bond acceptors (Lipinski definition) is 7. The molecule has 160 valence electrons. The normalized spacial score (nSPS) is 11.5. The van der Waals surface area contributed by atoms with Crippen molar-refractivity contribution < 1.29 is 22.3 Å². The zero-order chi connectivity index (χ0) is 21.8. The molecule has 0 spiro atoms. The van der Waals surface area contributed by atoms with Crippen LogP contribution in [-0.2, 0) is 10.0 Å². The minimum Gasteiger partial charge on any atom is -0.497 e. The predicted molar refractivity (Wildman–Crippen MR) is 110 cm³/mol. The number of aromatic nitrogens is 4. The highest BCUT2D eigenvalue weighted by atomic mass is 32.2. The van der Waals surface area contributed by atoms with Crippen molar-refractivity contribution in [1.29, 1.82) is 0 Å². The molecule has 31 heavy (non-hydrogen) atoms. The number of rotatable bonds is 8. The van der Waals surface area contributed by atoms with Crippen LogP contribution >= 0.6 is 0 Å². The van der Waals surface area contributed by atoms with Crippen LogP contribution in [0.15, 0.2) is 65.6 Å². The molecule has 4 aromatic rings. The van der Waals surface area contributed by atoms with Crippen LogP contribution in [0.4, 0.5) is 4.39 Å². The van der Waals surface area contributed by atoms with Crippen molar-refractivity contribution in [3.05, 3.63) is 66.5 Å². The molecule has 9 nitrogen and oxygen atoms in total. The number of benzene rings is 2. The van der Waals surface area contributed by atoms with Crippen LogP contribution in [-0.4, -0.2) is 48.5 Å². The molecular weight excluding hydrogens is 425 g/mol. The van der Waals surface area contributed by atoms with E-state index in [1.54, 1.807) is 36.4 Å². The minimum absolute atomic E-state index is 0.0340. The van der Waals surface area contributed by atoms with Gasteiger partial charge in [0.25, 0.3) is 0 Å². The van der Waals surface area contributed by atoms with Crippen molar-refractivity contribution in [1.82, 2.24) is 24.5 Å². The summed E-state index contributed by atoms with van der Waals surface area (Å²) in [5.41, 5.74) is 1.13. The van der Waals surface area contributed by atoms with Gasteiger partial charge in [0.15, 0.2) is 11.5 Å². The smallest absolute Gasteiger partial charge is 0.240 e. The molecule has 2 aromatic carbocycles. The maximum Gasteiger partial charge on any atom is 0.240 e. The third-order valence-corrected chi connectivity index (χ3v) is 5.80. The van der Waals surface area contributed by atoms with Crippen LogP contribution in [0.5, 0.6) is 11.6 Å². The summed E-state index contributed by atoms with van der Waals surface area (Å²) in [4.78, 5) is 0.0971. The van der Waals surface area contributed by atoms with Crippen LogP contribution in [0.1, 0.15) is 0 Å². The number of sulfonamides is 1. The van der Waals surface area contributed by atoms with E-state index >= 15 is 0 Å². The monoisotopic (exact) mass is 443 g/mol. The Labute approximate surface area is 177 Å². The van der Waals surface area contributed by atoms with E-state index in [0.29, 0.717) is 22.8 Å². The van der Waals surface area contributed by atoms with Gasteiger partial charge in [-0.1, -0.05) is 6.07 Å². The SMILES string of the molecule is COc1cccc(S(=O)(=O)NCCOc2ccc3nnc(-c4ccc(F)cc4)n3n2)c1. The van der Waals surface area contributed by atoms with Gasteiger partial charge in [0.1, 0.15) is 18.2 Å². The summed E-state index contributed by atoms with van der Waals surface area (Å²) in [7, 11) is -2.24. The fourth-order valence-electron chi connectivity index (χ4n) is 2.81. The Morgan fingerprint density at radius 2 is 1.87 bits per heavy atom. The predicted octanol–water partition coefficient (Wildman–Crippen LogP) is 2.30. The van der Waals surface area contributed by atoms with Gasteiger partial charge in [0.2, 0.25) is 15.9 Å². The third-order valence-electron chi connectivity index (χ3n) is 4.34. The van der Waals surface area contributed by atoms with Gasteiger partial charge < -0.3 is 9.47 Å². The number of nitrogens with zero attached hydrogens (tertiary/aromatic N) is 4. The molecule has 0 amide bonds. The number of methoxy groups -OCH3 is 1. The first kappa shape index (κ1) is 20.7. The van der Waals surface area contributed by atoms with Gasteiger partial charge in [-0.2, -0.15) is 4.52 Å². The van der Waals surface area contributed by atoms with Crippen LogP contribution in [0.3, 0.4) is 0 Å². The lowest BCUT2D eigenvalue weighted by Crippen LogP contribution is -2.28. The zero-order valence-corrected chi connectivity index (χ0v) is 17.2. The largest absolute Gasteiger partial charge is 0.497 e. The first-order valence-corrected chi connectivity index (χ1v) is 10.7. The van der Waals surface area contributed by atoms with Crippen LogP contribution in [0.25, 0.3) is 17.0 Å². The second kappa shape index (κ2) is 8.66. The highest BCUT2D eigenvalue weighted by Crippen LogP contribution is 2.19. The molecule has 0 fully saturated rings. The van der Waals surface area contributed by atoms with E-state index in [4.69, 9.17) is 9.47 Å². The van der Waals surface area contributed by atoms with Gasteiger partial charge in [0.05, 0.1) is 12.0 Å². The first-order chi connectivity index (χ1) is 15.0. The summed E-state index contributed by atoms with van der Waals surface area (Å²) in [5, 5.41) is 12.4. The lowest BCUT2D eigenvalue weighted by Gasteiger charge is -2.09. The summed E-state index contributed by atoms with van der Waals surface area (Å²) >= 11 is 0. The van der Waals surface area contributed by atoms with Crippen LogP contribution < -0.4 is 14.2 Å². The average molecular weight is 443 g/mol. The number of fused-ring (bicyclic) bond motifs is 1. The number of ether oxygens (including phenoxy) is 2. The van der Waals surface area contributed by atoms with Crippen molar-refractivity contribution >= 4 is 15.7 Å². The van der Waals surface area contributed by atoms with Crippen molar-refractivity contribution in [2.24, 2.45) is 0 Å². The average Bonchev–Trinajstić information content (AvgIpc) is 3.20. The maximum atomic E-state index is 13.2. The molecule has 2 aromatic heterocycles. The Morgan fingerprint density at radius 1 is 1.06 bits per heavy atom. The summed E-state index contributed by atoms with van der Waals surface area (Å²) < 4.78 is 52.5. The fourth-order valence-corrected chi connectivity index (χ4v) is 3.86. The molecule has 0 unspecified atom stereocenters. The molecule has 1 N–H and O–H groups in total. The minimum atomic E-state index is -3.71. The summed E-state index contributed by atoms with van der Waals surface area (Å²) in [6, 6.07) is 15.2. The Balaban J connectivity index is 1.42. The van der Waals surface area contributed by atoms with Crippen molar-refractivity contribution in [2.75, 3.05) is 20.3 Å². The highest BCUT2D eigenvalue weighted by molar-refractivity contribution is 7.89. The summed E-state index contributed by atoms with van der Waals surface area (Å²) in [6.45, 7) is 0.0853. The molecule has 2 heterocycles. The molecule has 0 atom stereocenters. The van der Waals surface area contributed by atoms with Gasteiger partial charge >= 0.3 is 0 Å². The van der Waals surface area contributed by atoms with E-state index in [1.807, 2.05) is 0 Å². The molecule has 0 saturated carbocycles. The molecule has 11 heteroatoms. The van der Waals surface area contributed by atoms with Gasteiger partial charge in [-0.25, -0.2) is 17.5 Å². The van der Waals surface area contributed by atoms with E-state index < -0.39 is 10.0 Å². The summed E-state index contributed by atoms with van der Waals surface area (Å²) in [5.74, 6) is 0.781. The maximum absolute atomic E-state index is 13.2. The van der Waals surface area contributed by atoms with E-state index in [2.05, 4.69) is 20.0 Å². The lowest BCUT2D eigenvalue weighted by molar-refractivity contribution is 0.306. The second-order valence-electron chi connectivity index (χ2n) is 6.40. The van der Waals surface area contributed by atoms with E-state index in [1.165, 1.54) is 35.9 Å². The quantitative estimate of drug-likeness (QED) is 0.416. The standard InChI is InChI=1S/C20H18FN5O4S/c1-29-16-3-2-4-17(13-16)31(27,28)22-11-12-30-19-10-9-18-23-24-20(26(18)25-19)14-5-7-15(21)8-6-14/h2-10,13,22H,11-12H2,1H3. The highest BCUT2D eigenvalue weighted by Gasteiger charge is 2.15. The topological polar surface area (TPSA) is 108 Å². The number of nitrogens with one attached hydrogen (secondary N) is 1. The van der Waals surface area contributed by atoms with Gasteiger partial charge in [-0.05, 0) is 42.5 Å². The number of halogens is 1. The zero-order valence-electron chi connectivity index (χ0n) is 16.4. The third kappa shape index (κ3) is 4.62. The molecular formula is C20H18FN5O4S. The van der Waals surface area contributed by atoms with Gasteiger partial charge in [0, 0.05) is 24.2 Å². The Bertz CT molecular complexity index is 1310.